The average molecular weight is 464 g/mol. The van der Waals surface area contributed by atoms with Crippen molar-refractivity contribution in [1.29, 1.82) is 0 Å². The molecular formula is C19H37IN4O. The van der Waals surface area contributed by atoms with Crippen molar-refractivity contribution in [2.45, 2.75) is 58.6 Å². The van der Waals surface area contributed by atoms with Gasteiger partial charge in [0, 0.05) is 32.2 Å². The molecule has 0 saturated carbocycles. The van der Waals surface area contributed by atoms with E-state index < -0.39 is 0 Å². The molecule has 0 aromatic rings. The van der Waals surface area contributed by atoms with Gasteiger partial charge in [0.2, 0.25) is 0 Å². The Balaban J connectivity index is 0.00000225. The van der Waals surface area contributed by atoms with Gasteiger partial charge < -0.3 is 15.0 Å². The highest BCUT2D eigenvalue weighted by Crippen LogP contribution is 2.24. The number of aliphatic imine (C=N–C) groups is 1. The van der Waals surface area contributed by atoms with Gasteiger partial charge in [-0.25, -0.2) is 0 Å². The molecule has 146 valence electrons. The maximum absolute atomic E-state index is 6.06. The molecule has 0 aliphatic carbocycles. The summed E-state index contributed by atoms with van der Waals surface area (Å²) in [6.45, 7) is 14.0. The minimum absolute atomic E-state index is 0. The summed E-state index contributed by atoms with van der Waals surface area (Å²) in [6.07, 6.45) is 5.54. The number of halogens is 1. The molecule has 25 heavy (non-hydrogen) atoms. The summed E-state index contributed by atoms with van der Waals surface area (Å²) in [6, 6.07) is 0.675. The van der Waals surface area contributed by atoms with E-state index >= 15 is 0 Å². The number of morpholine rings is 1. The average Bonchev–Trinajstić information content (AvgIpc) is 3.19. The fraction of sp³-hybridized carbons (Fsp3) is 0.947. The highest BCUT2D eigenvalue weighted by atomic mass is 127. The lowest BCUT2D eigenvalue weighted by Crippen LogP contribution is -2.47. The molecule has 0 radical (unpaired) electrons. The fourth-order valence-electron chi connectivity index (χ4n) is 4.49. The molecule has 1 N–H and O–H groups in total. The van der Waals surface area contributed by atoms with E-state index in [-0.39, 0.29) is 30.1 Å². The second-order valence-corrected chi connectivity index (χ2v) is 8.17. The Morgan fingerprint density at radius 3 is 2.84 bits per heavy atom. The van der Waals surface area contributed by atoms with Crippen LogP contribution in [0.2, 0.25) is 0 Å². The number of hydrogen-bond donors (Lipinski definition) is 1. The van der Waals surface area contributed by atoms with Gasteiger partial charge >= 0.3 is 0 Å². The van der Waals surface area contributed by atoms with Crippen LogP contribution in [0.1, 0.15) is 46.5 Å². The molecule has 3 aliphatic rings. The van der Waals surface area contributed by atoms with Gasteiger partial charge in [-0.2, -0.15) is 0 Å². The van der Waals surface area contributed by atoms with Gasteiger partial charge in [-0.1, -0.05) is 13.8 Å². The second kappa shape index (κ2) is 10.3. The summed E-state index contributed by atoms with van der Waals surface area (Å²) in [7, 11) is 0. The molecule has 6 heteroatoms. The molecule has 3 aliphatic heterocycles. The first-order valence-corrected chi connectivity index (χ1v) is 10.0. The number of nitrogens with zero attached hydrogens (tertiary/aromatic N) is 3. The molecule has 3 rings (SSSR count). The number of rotatable bonds is 5. The molecule has 0 bridgehead atoms. The van der Waals surface area contributed by atoms with Crippen molar-refractivity contribution >= 4 is 29.9 Å². The van der Waals surface area contributed by atoms with Crippen molar-refractivity contribution in [1.82, 2.24) is 15.1 Å². The van der Waals surface area contributed by atoms with Crippen LogP contribution < -0.4 is 5.32 Å². The zero-order valence-corrected chi connectivity index (χ0v) is 18.6. The molecule has 0 aromatic carbocycles. The molecule has 3 fully saturated rings. The van der Waals surface area contributed by atoms with E-state index in [1.165, 1.54) is 32.2 Å². The lowest BCUT2D eigenvalue weighted by Gasteiger charge is -2.34. The number of guanidine groups is 1. The maximum atomic E-state index is 6.06. The predicted molar refractivity (Wildman–Crippen MR) is 115 cm³/mol. The smallest absolute Gasteiger partial charge is 0.194 e. The number of nitrogens with one attached hydrogen (secondary N) is 1. The van der Waals surface area contributed by atoms with Crippen molar-refractivity contribution in [3.63, 3.8) is 0 Å². The van der Waals surface area contributed by atoms with Gasteiger partial charge in [-0.15, -0.1) is 24.0 Å². The van der Waals surface area contributed by atoms with Crippen LogP contribution in [0.15, 0.2) is 4.99 Å². The number of likely N-dealkylation sites (tertiary alicyclic amines) is 1. The van der Waals surface area contributed by atoms with Crippen molar-refractivity contribution in [2.24, 2.45) is 16.8 Å². The Bertz CT molecular complexity index is 432. The summed E-state index contributed by atoms with van der Waals surface area (Å²) in [5.74, 6) is 2.71. The molecule has 3 atom stereocenters. The summed E-state index contributed by atoms with van der Waals surface area (Å²) >= 11 is 0. The third-order valence-electron chi connectivity index (χ3n) is 5.63. The molecule has 3 unspecified atom stereocenters. The molecule has 0 spiro atoms. The Kier molecular flexibility index (Phi) is 8.75. The standard InChI is InChI=1S/C19H36N4O.HI/c1-4-20-19(23-9-7-16(12-23)10-15(2)3)21-11-18-13-22-8-5-6-17(22)14-24-18;/h15-18H,4-14H2,1-3H3,(H,20,21);1H. The second-order valence-electron chi connectivity index (χ2n) is 8.17. The zero-order valence-electron chi connectivity index (χ0n) is 16.2. The van der Waals surface area contributed by atoms with E-state index in [9.17, 15) is 0 Å². The highest BCUT2D eigenvalue weighted by molar-refractivity contribution is 14.0. The predicted octanol–water partition coefficient (Wildman–Crippen LogP) is 2.80. The van der Waals surface area contributed by atoms with Crippen molar-refractivity contribution in [3.8, 4) is 0 Å². The van der Waals surface area contributed by atoms with Crippen molar-refractivity contribution in [3.05, 3.63) is 0 Å². The van der Waals surface area contributed by atoms with E-state index in [1.54, 1.807) is 0 Å². The first-order chi connectivity index (χ1) is 11.7. The van der Waals surface area contributed by atoms with Crippen LogP contribution in [-0.4, -0.2) is 73.8 Å². The number of fused-ring (bicyclic) bond motifs is 1. The molecule has 3 heterocycles. The third kappa shape index (κ3) is 5.96. The summed E-state index contributed by atoms with van der Waals surface area (Å²) < 4.78 is 6.06. The third-order valence-corrected chi connectivity index (χ3v) is 5.63. The fourth-order valence-corrected chi connectivity index (χ4v) is 4.49. The molecular weight excluding hydrogens is 427 g/mol. The summed E-state index contributed by atoms with van der Waals surface area (Å²) in [4.78, 5) is 9.99. The van der Waals surface area contributed by atoms with E-state index in [1.807, 2.05) is 0 Å². The lowest BCUT2D eigenvalue weighted by atomic mass is 9.97. The molecule has 0 amide bonds. The topological polar surface area (TPSA) is 40.1 Å². The van der Waals surface area contributed by atoms with Crippen LogP contribution >= 0.6 is 24.0 Å². The van der Waals surface area contributed by atoms with Crippen LogP contribution in [0.5, 0.6) is 0 Å². The van der Waals surface area contributed by atoms with Gasteiger partial charge in [0.15, 0.2) is 5.96 Å². The first kappa shape index (κ1) is 21.2. The Morgan fingerprint density at radius 1 is 1.24 bits per heavy atom. The quantitative estimate of drug-likeness (QED) is 0.386. The number of ether oxygens (including phenoxy) is 1. The van der Waals surface area contributed by atoms with Crippen LogP contribution in [0, 0.1) is 11.8 Å². The monoisotopic (exact) mass is 464 g/mol. The summed E-state index contributed by atoms with van der Waals surface area (Å²) in [5, 5.41) is 3.49. The van der Waals surface area contributed by atoms with Crippen LogP contribution in [-0.2, 0) is 4.74 Å². The van der Waals surface area contributed by atoms with Gasteiger partial charge in [-0.05, 0) is 51.0 Å². The Hall–Kier alpha value is -0.0800. The van der Waals surface area contributed by atoms with Gasteiger partial charge in [0.1, 0.15) is 0 Å². The maximum Gasteiger partial charge on any atom is 0.194 e. The van der Waals surface area contributed by atoms with E-state index in [4.69, 9.17) is 9.73 Å². The Labute approximate surface area is 171 Å². The first-order valence-electron chi connectivity index (χ1n) is 10.0. The van der Waals surface area contributed by atoms with Gasteiger partial charge in [0.25, 0.3) is 0 Å². The van der Waals surface area contributed by atoms with Crippen LogP contribution in [0.4, 0.5) is 0 Å². The molecule has 5 nitrogen and oxygen atoms in total. The number of hydrogen-bond acceptors (Lipinski definition) is 3. The largest absolute Gasteiger partial charge is 0.373 e. The minimum atomic E-state index is 0. The van der Waals surface area contributed by atoms with Crippen LogP contribution in [0.25, 0.3) is 0 Å². The minimum Gasteiger partial charge on any atom is -0.373 e. The van der Waals surface area contributed by atoms with E-state index in [0.29, 0.717) is 6.04 Å². The van der Waals surface area contributed by atoms with Crippen molar-refractivity contribution in [2.75, 3.05) is 45.9 Å². The zero-order chi connectivity index (χ0) is 16.9. The van der Waals surface area contributed by atoms with Crippen molar-refractivity contribution < 1.29 is 4.74 Å². The lowest BCUT2D eigenvalue weighted by molar-refractivity contribution is -0.0432. The highest BCUT2D eigenvalue weighted by Gasteiger charge is 2.32. The van der Waals surface area contributed by atoms with Gasteiger partial charge in [-0.3, -0.25) is 9.89 Å². The van der Waals surface area contributed by atoms with E-state index in [0.717, 1.165) is 57.1 Å². The van der Waals surface area contributed by atoms with Gasteiger partial charge in [0.05, 0.1) is 19.3 Å². The molecule has 0 aromatic heterocycles. The van der Waals surface area contributed by atoms with E-state index in [2.05, 4.69) is 35.9 Å². The summed E-state index contributed by atoms with van der Waals surface area (Å²) in [5.41, 5.74) is 0. The van der Waals surface area contributed by atoms with Crippen LogP contribution in [0.3, 0.4) is 0 Å². The normalized spacial score (nSPS) is 30.5. The molecule has 3 saturated heterocycles. The Morgan fingerprint density at radius 2 is 2.08 bits per heavy atom. The SMILES string of the molecule is CCNC(=NCC1CN2CCCC2CO1)N1CCC(CC(C)C)C1.I.